The first-order valence-corrected chi connectivity index (χ1v) is 12.1. The first-order valence-electron chi connectivity index (χ1n) is 11.1. The average molecular weight is 476 g/mol. The van der Waals surface area contributed by atoms with Crippen molar-refractivity contribution in [3.63, 3.8) is 0 Å². The molecule has 0 aliphatic carbocycles. The number of benzene rings is 2. The molecule has 1 N–H and O–H groups in total. The summed E-state index contributed by atoms with van der Waals surface area (Å²) in [6, 6.07) is 21.7. The van der Waals surface area contributed by atoms with Gasteiger partial charge in [0, 0.05) is 24.5 Å². The van der Waals surface area contributed by atoms with Crippen LogP contribution in [0, 0.1) is 0 Å². The molecule has 3 heterocycles. The number of morpholine rings is 1. The Bertz CT molecular complexity index is 1200. The SMILES string of the molecule is O=C(CSc1nnc(-c2ccco2)n1Cc1ccccc1)Nc1ccc(N2CCOCC2)cc1. The zero-order valence-electron chi connectivity index (χ0n) is 18.6. The van der Waals surface area contributed by atoms with E-state index in [0.29, 0.717) is 23.3 Å². The van der Waals surface area contributed by atoms with Gasteiger partial charge in [-0.1, -0.05) is 42.1 Å². The van der Waals surface area contributed by atoms with Crippen LogP contribution in [-0.2, 0) is 16.1 Å². The molecule has 5 rings (SSSR count). The highest BCUT2D eigenvalue weighted by Crippen LogP contribution is 2.26. The van der Waals surface area contributed by atoms with Gasteiger partial charge >= 0.3 is 0 Å². The molecule has 34 heavy (non-hydrogen) atoms. The van der Waals surface area contributed by atoms with Gasteiger partial charge in [0.25, 0.3) is 0 Å². The molecule has 8 nitrogen and oxygen atoms in total. The minimum Gasteiger partial charge on any atom is -0.461 e. The van der Waals surface area contributed by atoms with Gasteiger partial charge < -0.3 is 19.4 Å². The molecule has 0 spiro atoms. The number of ether oxygens (including phenoxy) is 1. The molecule has 174 valence electrons. The topological polar surface area (TPSA) is 85.4 Å². The summed E-state index contributed by atoms with van der Waals surface area (Å²) in [6.45, 7) is 3.83. The van der Waals surface area contributed by atoms with Crippen LogP contribution in [0.25, 0.3) is 11.6 Å². The first-order chi connectivity index (χ1) is 16.8. The lowest BCUT2D eigenvalue weighted by Crippen LogP contribution is -2.36. The Morgan fingerprint density at radius 2 is 1.76 bits per heavy atom. The van der Waals surface area contributed by atoms with Gasteiger partial charge in [0.1, 0.15) is 0 Å². The average Bonchev–Trinajstić information content (AvgIpc) is 3.55. The van der Waals surface area contributed by atoms with Crippen LogP contribution >= 0.6 is 11.8 Å². The number of hydrogen-bond donors (Lipinski definition) is 1. The maximum atomic E-state index is 12.6. The maximum Gasteiger partial charge on any atom is 0.234 e. The Labute approximate surface area is 201 Å². The summed E-state index contributed by atoms with van der Waals surface area (Å²) in [5.74, 6) is 1.39. The van der Waals surface area contributed by atoms with E-state index in [1.165, 1.54) is 11.8 Å². The second-order valence-corrected chi connectivity index (χ2v) is 8.78. The highest BCUT2D eigenvalue weighted by Gasteiger charge is 2.18. The van der Waals surface area contributed by atoms with Gasteiger partial charge in [0.2, 0.25) is 11.7 Å². The van der Waals surface area contributed by atoms with Crippen LogP contribution in [0.2, 0.25) is 0 Å². The molecular weight excluding hydrogens is 450 g/mol. The van der Waals surface area contributed by atoms with E-state index in [1.807, 2.05) is 71.3 Å². The van der Waals surface area contributed by atoms with E-state index >= 15 is 0 Å². The molecular formula is C25H25N5O3S. The number of anilines is 2. The quantitative estimate of drug-likeness (QED) is 0.383. The fourth-order valence-corrected chi connectivity index (χ4v) is 4.53. The molecule has 1 saturated heterocycles. The van der Waals surface area contributed by atoms with Crippen molar-refractivity contribution in [1.82, 2.24) is 14.8 Å². The molecule has 2 aromatic heterocycles. The van der Waals surface area contributed by atoms with Gasteiger partial charge in [-0.25, -0.2) is 0 Å². The number of carbonyl (C=O) groups excluding carboxylic acids is 1. The van der Waals surface area contributed by atoms with Crippen LogP contribution in [0.4, 0.5) is 11.4 Å². The Morgan fingerprint density at radius 3 is 2.50 bits per heavy atom. The van der Waals surface area contributed by atoms with Crippen LogP contribution in [-0.4, -0.2) is 52.7 Å². The van der Waals surface area contributed by atoms with Gasteiger partial charge in [-0.15, -0.1) is 10.2 Å². The number of amides is 1. The second kappa shape index (κ2) is 10.6. The van der Waals surface area contributed by atoms with E-state index in [4.69, 9.17) is 9.15 Å². The van der Waals surface area contributed by atoms with Crippen molar-refractivity contribution in [1.29, 1.82) is 0 Å². The number of furan rings is 1. The lowest BCUT2D eigenvalue weighted by Gasteiger charge is -2.28. The molecule has 1 fully saturated rings. The van der Waals surface area contributed by atoms with E-state index in [-0.39, 0.29) is 11.7 Å². The zero-order chi connectivity index (χ0) is 23.2. The number of rotatable bonds is 8. The van der Waals surface area contributed by atoms with E-state index in [1.54, 1.807) is 6.26 Å². The number of carbonyl (C=O) groups is 1. The third-order valence-electron chi connectivity index (χ3n) is 5.50. The molecule has 0 saturated carbocycles. The number of hydrogen-bond acceptors (Lipinski definition) is 7. The molecule has 9 heteroatoms. The highest BCUT2D eigenvalue weighted by atomic mass is 32.2. The number of nitrogens with one attached hydrogen (secondary N) is 1. The van der Waals surface area contributed by atoms with Crippen molar-refractivity contribution in [2.45, 2.75) is 11.7 Å². The third kappa shape index (κ3) is 5.32. The van der Waals surface area contributed by atoms with Gasteiger partial charge in [-0.3, -0.25) is 9.36 Å². The molecule has 1 aliphatic heterocycles. The van der Waals surface area contributed by atoms with Crippen LogP contribution in [0.5, 0.6) is 0 Å². The van der Waals surface area contributed by atoms with Crippen LogP contribution in [0.3, 0.4) is 0 Å². The van der Waals surface area contributed by atoms with Crippen molar-refractivity contribution in [3.05, 3.63) is 78.6 Å². The van der Waals surface area contributed by atoms with E-state index in [9.17, 15) is 4.79 Å². The van der Waals surface area contributed by atoms with E-state index in [0.717, 1.165) is 43.2 Å². The summed E-state index contributed by atoms with van der Waals surface area (Å²) in [7, 11) is 0. The fourth-order valence-electron chi connectivity index (χ4n) is 3.80. The normalized spacial score (nSPS) is 13.7. The molecule has 0 atom stereocenters. The van der Waals surface area contributed by atoms with Crippen molar-refractivity contribution in [2.24, 2.45) is 0 Å². The number of nitrogens with zero attached hydrogens (tertiary/aromatic N) is 4. The van der Waals surface area contributed by atoms with Crippen molar-refractivity contribution >= 4 is 29.0 Å². The molecule has 0 bridgehead atoms. The summed E-state index contributed by atoms with van der Waals surface area (Å²) >= 11 is 1.35. The van der Waals surface area contributed by atoms with Crippen molar-refractivity contribution in [2.75, 3.05) is 42.3 Å². The van der Waals surface area contributed by atoms with Gasteiger partial charge in [-0.05, 0) is 42.0 Å². The lowest BCUT2D eigenvalue weighted by atomic mass is 10.2. The standard InChI is InChI=1S/C25H25N5O3S/c31-23(26-20-8-10-21(11-9-20)29-12-15-32-16-13-29)18-34-25-28-27-24(22-7-4-14-33-22)30(25)17-19-5-2-1-3-6-19/h1-11,14H,12-13,15-18H2,(H,26,31). The van der Waals surface area contributed by atoms with Crippen molar-refractivity contribution < 1.29 is 13.9 Å². The van der Waals surface area contributed by atoms with Crippen LogP contribution < -0.4 is 10.2 Å². The smallest absolute Gasteiger partial charge is 0.234 e. The summed E-state index contributed by atoms with van der Waals surface area (Å²) in [6.07, 6.45) is 1.61. The first kappa shape index (κ1) is 22.2. The largest absolute Gasteiger partial charge is 0.461 e. The molecule has 0 unspecified atom stereocenters. The van der Waals surface area contributed by atoms with Crippen LogP contribution in [0.1, 0.15) is 5.56 Å². The summed E-state index contributed by atoms with van der Waals surface area (Å²) in [5, 5.41) is 12.3. The predicted molar refractivity (Wildman–Crippen MR) is 132 cm³/mol. The molecule has 4 aromatic rings. The molecule has 0 radical (unpaired) electrons. The Morgan fingerprint density at radius 1 is 0.971 bits per heavy atom. The fraction of sp³-hybridized carbons (Fsp3) is 0.240. The van der Waals surface area contributed by atoms with Crippen molar-refractivity contribution in [3.8, 4) is 11.6 Å². The predicted octanol–water partition coefficient (Wildman–Crippen LogP) is 4.15. The molecule has 1 amide bonds. The monoisotopic (exact) mass is 475 g/mol. The van der Waals surface area contributed by atoms with Gasteiger partial charge in [-0.2, -0.15) is 0 Å². The number of thioether (sulfide) groups is 1. The van der Waals surface area contributed by atoms with E-state index < -0.39 is 0 Å². The Balaban J connectivity index is 1.24. The Kier molecular flexibility index (Phi) is 6.92. The molecule has 2 aromatic carbocycles. The van der Waals surface area contributed by atoms with Gasteiger partial charge in [0.15, 0.2) is 10.9 Å². The summed E-state index contributed by atoms with van der Waals surface area (Å²) in [5.41, 5.74) is 3.02. The maximum absolute atomic E-state index is 12.6. The minimum atomic E-state index is -0.0991. The number of aromatic nitrogens is 3. The summed E-state index contributed by atoms with van der Waals surface area (Å²) < 4.78 is 12.9. The zero-order valence-corrected chi connectivity index (χ0v) is 19.4. The lowest BCUT2D eigenvalue weighted by molar-refractivity contribution is -0.113. The van der Waals surface area contributed by atoms with Gasteiger partial charge in [0.05, 0.1) is 31.8 Å². The third-order valence-corrected chi connectivity index (χ3v) is 6.47. The second-order valence-electron chi connectivity index (χ2n) is 7.84. The molecule has 1 aliphatic rings. The highest BCUT2D eigenvalue weighted by molar-refractivity contribution is 7.99. The van der Waals surface area contributed by atoms with E-state index in [2.05, 4.69) is 20.4 Å². The minimum absolute atomic E-state index is 0.0991. The Hall–Kier alpha value is -3.56. The summed E-state index contributed by atoms with van der Waals surface area (Å²) in [4.78, 5) is 14.9. The van der Waals surface area contributed by atoms with Crippen LogP contribution in [0.15, 0.2) is 82.6 Å².